The standard InChI is InChI=1S/C19H17ClN4O3S/c20-14-9-13(19(26)27)10-15-17(14)22-18(28-15)12-3-1-6-23(11-12)16(25)4-8-24-7-2-5-21-24/h2-3,5,7,9-10H,1,4,6,8,11H2,(H,26,27). The number of benzene rings is 1. The molecule has 0 saturated heterocycles. The van der Waals surface area contributed by atoms with Gasteiger partial charge in [0, 0.05) is 44.0 Å². The first kappa shape index (κ1) is 18.6. The lowest BCUT2D eigenvalue weighted by Crippen LogP contribution is -2.35. The van der Waals surface area contributed by atoms with Gasteiger partial charge in [0.15, 0.2) is 0 Å². The summed E-state index contributed by atoms with van der Waals surface area (Å²) in [5.41, 5.74) is 1.70. The highest BCUT2D eigenvalue weighted by molar-refractivity contribution is 7.19. The Morgan fingerprint density at radius 1 is 1.32 bits per heavy atom. The predicted molar refractivity (Wildman–Crippen MR) is 108 cm³/mol. The number of aryl methyl sites for hydroxylation is 1. The lowest BCUT2D eigenvalue weighted by molar-refractivity contribution is -0.131. The molecule has 7 nitrogen and oxygen atoms in total. The van der Waals surface area contributed by atoms with Gasteiger partial charge in [0.2, 0.25) is 5.91 Å². The monoisotopic (exact) mass is 416 g/mol. The number of carbonyl (C=O) groups excluding carboxylic acids is 1. The lowest BCUT2D eigenvalue weighted by Gasteiger charge is -2.26. The maximum Gasteiger partial charge on any atom is 0.335 e. The maximum absolute atomic E-state index is 12.6. The van der Waals surface area contributed by atoms with Gasteiger partial charge in [-0.05, 0) is 24.6 Å². The Kier molecular flexibility index (Phi) is 5.15. The second kappa shape index (κ2) is 7.73. The predicted octanol–water partition coefficient (Wildman–Crippen LogP) is 3.55. The van der Waals surface area contributed by atoms with E-state index in [2.05, 4.69) is 16.2 Å². The number of carboxylic acid groups (broad SMARTS) is 1. The van der Waals surface area contributed by atoms with Gasteiger partial charge in [0.1, 0.15) is 10.5 Å². The first-order valence-corrected chi connectivity index (χ1v) is 9.98. The molecule has 2 aromatic heterocycles. The highest BCUT2D eigenvalue weighted by Crippen LogP contribution is 2.34. The van der Waals surface area contributed by atoms with E-state index < -0.39 is 5.97 Å². The Hall–Kier alpha value is -2.71. The Morgan fingerprint density at radius 2 is 2.18 bits per heavy atom. The van der Waals surface area contributed by atoms with E-state index in [-0.39, 0.29) is 11.5 Å². The molecule has 28 heavy (non-hydrogen) atoms. The van der Waals surface area contributed by atoms with E-state index in [4.69, 9.17) is 11.6 Å². The Bertz CT molecular complexity index is 1070. The van der Waals surface area contributed by atoms with Crippen molar-refractivity contribution in [1.82, 2.24) is 19.7 Å². The molecule has 1 aromatic carbocycles. The fourth-order valence-electron chi connectivity index (χ4n) is 3.16. The molecule has 0 bridgehead atoms. The summed E-state index contributed by atoms with van der Waals surface area (Å²) in [6.07, 6.45) is 6.77. The summed E-state index contributed by atoms with van der Waals surface area (Å²) in [6.45, 7) is 1.72. The van der Waals surface area contributed by atoms with Crippen molar-refractivity contribution in [2.45, 2.75) is 19.4 Å². The fourth-order valence-corrected chi connectivity index (χ4v) is 4.54. The molecule has 3 aromatic rings. The number of hydrogen-bond donors (Lipinski definition) is 1. The van der Waals surface area contributed by atoms with Crippen molar-refractivity contribution >= 4 is 50.6 Å². The second-order valence-corrected chi connectivity index (χ2v) is 7.92. The topological polar surface area (TPSA) is 88.3 Å². The van der Waals surface area contributed by atoms with E-state index in [9.17, 15) is 14.7 Å². The Balaban J connectivity index is 1.51. The normalized spacial score (nSPS) is 14.3. The molecular weight excluding hydrogens is 400 g/mol. The SMILES string of the molecule is O=C(O)c1cc(Cl)c2nc(C3=CCCN(C(=O)CCn4cccn4)C3)sc2c1. The van der Waals surface area contributed by atoms with Crippen LogP contribution in [0.4, 0.5) is 0 Å². The highest BCUT2D eigenvalue weighted by atomic mass is 35.5. The average Bonchev–Trinajstić information content (AvgIpc) is 3.36. The van der Waals surface area contributed by atoms with Gasteiger partial charge in [-0.1, -0.05) is 17.7 Å². The first-order valence-electron chi connectivity index (χ1n) is 8.79. The minimum absolute atomic E-state index is 0.0772. The van der Waals surface area contributed by atoms with E-state index in [1.807, 2.05) is 17.2 Å². The van der Waals surface area contributed by atoms with Crippen LogP contribution >= 0.6 is 22.9 Å². The molecule has 4 rings (SSSR count). The van der Waals surface area contributed by atoms with Crippen molar-refractivity contribution in [2.75, 3.05) is 13.1 Å². The second-order valence-electron chi connectivity index (χ2n) is 6.48. The largest absolute Gasteiger partial charge is 0.478 e. The van der Waals surface area contributed by atoms with Crippen LogP contribution in [0.15, 0.2) is 36.7 Å². The van der Waals surface area contributed by atoms with Gasteiger partial charge < -0.3 is 10.0 Å². The van der Waals surface area contributed by atoms with Crippen LogP contribution in [0.3, 0.4) is 0 Å². The van der Waals surface area contributed by atoms with Gasteiger partial charge in [-0.15, -0.1) is 11.3 Å². The molecule has 1 amide bonds. The molecule has 1 N–H and O–H groups in total. The molecule has 1 aliphatic heterocycles. The number of hydrogen-bond acceptors (Lipinski definition) is 5. The van der Waals surface area contributed by atoms with Crippen LogP contribution in [0, 0.1) is 0 Å². The van der Waals surface area contributed by atoms with E-state index in [1.165, 1.54) is 17.4 Å². The number of rotatable bonds is 5. The third-order valence-corrected chi connectivity index (χ3v) is 5.95. The van der Waals surface area contributed by atoms with Gasteiger partial charge >= 0.3 is 5.97 Å². The number of fused-ring (bicyclic) bond motifs is 1. The van der Waals surface area contributed by atoms with Crippen LogP contribution in [0.2, 0.25) is 5.02 Å². The lowest BCUT2D eigenvalue weighted by atomic mass is 10.1. The van der Waals surface area contributed by atoms with Crippen molar-refractivity contribution in [3.05, 3.63) is 52.3 Å². The van der Waals surface area contributed by atoms with E-state index >= 15 is 0 Å². The molecular formula is C19H17ClN4O3S. The summed E-state index contributed by atoms with van der Waals surface area (Å²) in [7, 11) is 0. The zero-order chi connectivity index (χ0) is 19.7. The molecule has 3 heterocycles. The quantitative estimate of drug-likeness (QED) is 0.687. The highest BCUT2D eigenvalue weighted by Gasteiger charge is 2.22. The minimum atomic E-state index is -1.02. The molecule has 144 valence electrons. The summed E-state index contributed by atoms with van der Waals surface area (Å²) in [5.74, 6) is -0.946. The summed E-state index contributed by atoms with van der Waals surface area (Å²) in [5, 5.41) is 14.4. The maximum atomic E-state index is 12.6. The van der Waals surface area contributed by atoms with Gasteiger partial charge in [-0.3, -0.25) is 9.48 Å². The number of thiazole rings is 1. The molecule has 0 unspecified atom stereocenters. The Labute approximate surface area is 169 Å². The number of amides is 1. The van der Waals surface area contributed by atoms with Crippen molar-refractivity contribution < 1.29 is 14.7 Å². The number of halogens is 1. The smallest absolute Gasteiger partial charge is 0.335 e. The molecule has 1 aliphatic rings. The van der Waals surface area contributed by atoms with Crippen LogP contribution in [0.5, 0.6) is 0 Å². The van der Waals surface area contributed by atoms with Crippen molar-refractivity contribution in [3.63, 3.8) is 0 Å². The molecule has 0 spiro atoms. The first-order chi connectivity index (χ1) is 13.5. The van der Waals surface area contributed by atoms with Crippen LogP contribution in [0.1, 0.15) is 28.2 Å². The number of aromatic carboxylic acids is 1. The van der Waals surface area contributed by atoms with Gasteiger partial charge in [-0.25, -0.2) is 9.78 Å². The summed E-state index contributed by atoms with van der Waals surface area (Å²) in [6, 6.07) is 4.83. The number of aromatic nitrogens is 3. The average molecular weight is 417 g/mol. The van der Waals surface area contributed by atoms with Crippen LogP contribution in [0.25, 0.3) is 15.8 Å². The van der Waals surface area contributed by atoms with Gasteiger partial charge in [0.05, 0.1) is 15.3 Å². The third-order valence-electron chi connectivity index (χ3n) is 4.59. The van der Waals surface area contributed by atoms with E-state index in [0.29, 0.717) is 36.6 Å². The van der Waals surface area contributed by atoms with Crippen LogP contribution in [-0.4, -0.2) is 49.7 Å². The summed E-state index contributed by atoms with van der Waals surface area (Å²) < 4.78 is 2.47. The zero-order valence-corrected chi connectivity index (χ0v) is 16.4. The fraction of sp³-hybridized carbons (Fsp3) is 0.263. The third kappa shape index (κ3) is 3.79. The number of carbonyl (C=O) groups is 2. The molecule has 0 fully saturated rings. The molecule has 9 heteroatoms. The van der Waals surface area contributed by atoms with Crippen molar-refractivity contribution in [1.29, 1.82) is 0 Å². The molecule has 0 aliphatic carbocycles. The van der Waals surface area contributed by atoms with E-state index in [0.717, 1.165) is 21.7 Å². The Morgan fingerprint density at radius 3 is 2.93 bits per heavy atom. The molecule has 0 saturated carbocycles. The van der Waals surface area contributed by atoms with Crippen LogP contribution < -0.4 is 0 Å². The van der Waals surface area contributed by atoms with E-state index in [1.54, 1.807) is 16.9 Å². The summed E-state index contributed by atoms with van der Waals surface area (Å²) >= 11 is 7.61. The van der Waals surface area contributed by atoms with Crippen LogP contribution in [-0.2, 0) is 11.3 Å². The summed E-state index contributed by atoms with van der Waals surface area (Å²) in [4.78, 5) is 30.2. The molecule has 0 atom stereocenters. The van der Waals surface area contributed by atoms with Crippen molar-refractivity contribution in [3.8, 4) is 0 Å². The number of nitrogens with zero attached hydrogens (tertiary/aromatic N) is 4. The minimum Gasteiger partial charge on any atom is -0.478 e. The van der Waals surface area contributed by atoms with Gasteiger partial charge in [0.25, 0.3) is 0 Å². The van der Waals surface area contributed by atoms with Gasteiger partial charge in [-0.2, -0.15) is 5.10 Å². The van der Waals surface area contributed by atoms with Crippen molar-refractivity contribution in [2.24, 2.45) is 0 Å². The molecule has 0 radical (unpaired) electrons. The number of carboxylic acids is 1. The zero-order valence-electron chi connectivity index (χ0n) is 14.8.